The number of nitrogens with zero attached hydrogens (tertiary/aromatic N) is 3. The zero-order valence-electron chi connectivity index (χ0n) is 12.0. The van der Waals surface area contributed by atoms with Gasteiger partial charge in [0.15, 0.2) is 5.78 Å². The fraction of sp³-hybridized carbons (Fsp3) is 0.500. The third kappa shape index (κ3) is 2.74. The second kappa shape index (κ2) is 5.48. The average molecular weight is 277 g/mol. The number of carbonyl (C=O) groups is 3. The van der Waals surface area contributed by atoms with Crippen molar-refractivity contribution in [1.82, 2.24) is 14.4 Å². The Hall–Kier alpha value is -2.11. The van der Waals surface area contributed by atoms with Gasteiger partial charge in [0.1, 0.15) is 5.69 Å². The Labute approximate surface area is 117 Å². The summed E-state index contributed by atoms with van der Waals surface area (Å²) in [5, 5.41) is 0. The lowest BCUT2D eigenvalue weighted by atomic mass is 10.2. The molecule has 2 heterocycles. The molecule has 1 aromatic rings. The maximum absolute atomic E-state index is 12.4. The van der Waals surface area contributed by atoms with Crippen molar-refractivity contribution in [3.8, 4) is 0 Å². The molecular weight excluding hydrogens is 258 g/mol. The van der Waals surface area contributed by atoms with Crippen molar-refractivity contribution in [3.05, 3.63) is 23.5 Å². The fourth-order valence-corrected chi connectivity index (χ4v) is 2.36. The van der Waals surface area contributed by atoms with E-state index >= 15 is 0 Å². The van der Waals surface area contributed by atoms with Gasteiger partial charge in [-0.1, -0.05) is 0 Å². The van der Waals surface area contributed by atoms with Gasteiger partial charge in [-0.2, -0.15) is 0 Å². The van der Waals surface area contributed by atoms with E-state index in [2.05, 4.69) is 0 Å². The molecule has 1 fully saturated rings. The second-order valence-electron chi connectivity index (χ2n) is 5.08. The summed E-state index contributed by atoms with van der Waals surface area (Å²) in [5.41, 5.74) is 1.05. The van der Waals surface area contributed by atoms with Crippen molar-refractivity contribution >= 4 is 17.6 Å². The lowest BCUT2D eigenvalue weighted by Gasteiger charge is -2.34. The maximum Gasteiger partial charge on any atom is 0.270 e. The molecular formula is C14H19N3O3. The minimum Gasteiger partial charge on any atom is -0.346 e. The standard InChI is InChI=1S/C14H19N3O3/c1-10(18)12-8-13(15(3)9-12)14(20)17-6-4-16(5-7-17)11(2)19/h8-9H,4-7H2,1-3H3. The molecule has 0 N–H and O–H groups in total. The lowest BCUT2D eigenvalue weighted by molar-refractivity contribution is -0.130. The van der Waals surface area contributed by atoms with Crippen LogP contribution >= 0.6 is 0 Å². The maximum atomic E-state index is 12.4. The van der Waals surface area contributed by atoms with Crippen LogP contribution in [0.15, 0.2) is 12.3 Å². The van der Waals surface area contributed by atoms with Crippen molar-refractivity contribution in [2.24, 2.45) is 7.05 Å². The van der Waals surface area contributed by atoms with Gasteiger partial charge in [-0.25, -0.2) is 0 Å². The molecule has 6 heteroatoms. The van der Waals surface area contributed by atoms with Gasteiger partial charge in [-0.05, 0) is 13.0 Å². The number of aromatic nitrogens is 1. The zero-order valence-corrected chi connectivity index (χ0v) is 12.0. The van der Waals surface area contributed by atoms with E-state index in [4.69, 9.17) is 0 Å². The summed E-state index contributed by atoms with van der Waals surface area (Å²) >= 11 is 0. The summed E-state index contributed by atoms with van der Waals surface area (Å²) in [7, 11) is 1.76. The van der Waals surface area contributed by atoms with Crippen LogP contribution in [0.5, 0.6) is 0 Å². The van der Waals surface area contributed by atoms with E-state index in [1.165, 1.54) is 13.8 Å². The summed E-state index contributed by atoms with van der Waals surface area (Å²) < 4.78 is 1.68. The number of rotatable bonds is 2. The van der Waals surface area contributed by atoms with Crippen molar-refractivity contribution in [2.75, 3.05) is 26.2 Å². The van der Waals surface area contributed by atoms with E-state index < -0.39 is 0 Å². The number of amides is 2. The minimum absolute atomic E-state index is 0.0369. The largest absolute Gasteiger partial charge is 0.346 e. The Bertz CT molecular complexity index is 554. The number of ketones is 1. The molecule has 0 atom stereocenters. The Morgan fingerprint density at radius 1 is 1.00 bits per heavy atom. The molecule has 1 aliphatic heterocycles. The number of hydrogen-bond acceptors (Lipinski definition) is 3. The van der Waals surface area contributed by atoms with Gasteiger partial charge in [0.25, 0.3) is 5.91 Å². The van der Waals surface area contributed by atoms with Crippen LogP contribution in [-0.2, 0) is 11.8 Å². The molecule has 0 radical (unpaired) electrons. The summed E-state index contributed by atoms with van der Waals surface area (Å²) in [6.07, 6.45) is 1.67. The van der Waals surface area contributed by atoms with Crippen molar-refractivity contribution < 1.29 is 14.4 Å². The number of carbonyl (C=O) groups excluding carboxylic acids is 3. The van der Waals surface area contributed by atoms with Gasteiger partial charge < -0.3 is 14.4 Å². The quantitative estimate of drug-likeness (QED) is 0.741. The van der Waals surface area contributed by atoms with E-state index in [1.54, 1.807) is 33.7 Å². The van der Waals surface area contributed by atoms with Crippen LogP contribution in [-0.4, -0.2) is 58.1 Å². The van der Waals surface area contributed by atoms with Crippen LogP contribution in [0.3, 0.4) is 0 Å². The molecule has 2 amide bonds. The predicted octanol–water partition coefficient (Wildman–Crippen LogP) is 0.532. The van der Waals surface area contributed by atoms with E-state index in [-0.39, 0.29) is 17.6 Å². The van der Waals surface area contributed by atoms with Gasteiger partial charge in [0.2, 0.25) is 5.91 Å². The third-order valence-corrected chi connectivity index (χ3v) is 3.64. The fourth-order valence-electron chi connectivity index (χ4n) is 2.36. The third-order valence-electron chi connectivity index (χ3n) is 3.64. The van der Waals surface area contributed by atoms with Crippen LogP contribution in [0.4, 0.5) is 0 Å². The summed E-state index contributed by atoms with van der Waals surface area (Å²) in [6, 6.07) is 1.63. The van der Waals surface area contributed by atoms with Gasteiger partial charge >= 0.3 is 0 Å². The van der Waals surface area contributed by atoms with Crippen molar-refractivity contribution in [3.63, 3.8) is 0 Å². The van der Waals surface area contributed by atoms with E-state index in [9.17, 15) is 14.4 Å². The first-order chi connectivity index (χ1) is 9.40. The number of aryl methyl sites for hydroxylation is 1. The van der Waals surface area contributed by atoms with Crippen LogP contribution in [0.1, 0.15) is 34.7 Å². The van der Waals surface area contributed by atoms with Crippen molar-refractivity contribution in [2.45, 2.75) is 13.8 Å². The van der Waals surface area contributed by atoms with Gasteiger partial charge in [0, 0.05) is 51.9 Å². The molecule has 2 rings (SSSR count). The summed E-state index contributed by atoms with van der Waals surface area (Å²) in [6.45, 7) is 5.19. The van der Waals surface area contributed by atoms with Crippen LogP contribution < -0.4 is 0 Å². The minimum atomic E-state index is -0.0943. The topological polar surface area (TPSA) is 62.6 Å². The second-order valence-corrected chi connectivity index (χ2v) is 5.08. The highest BCUT2D eigenvalue weighted by Crippen LogP contribution is 2.13. The number of piperazine rings is 1. The molecule has 1 aromatic heterocycles. The average Bonchev–Trinajstić information content (AvgIpc) is 2.80. The van der Waals surface area contributed by atoms with Crippen LogP contribution in [0, 0.1) is 0 Å². The molecule has 1 aliphatic rings. The Balaban J connectivity index is 2.09. The lowest BCUT2D eigenvalue weighted by Crippen LogP contribution is -2.50. The van der Waals surface area contributed by atoms with Crippen LogP contribution in [0.25, 0.3) is 0 Å². The monoisotopic (exact) mass is 277 g/mol. The number of Topliss-reactive ketones (excluding diaryl/α,β-unsaturated/α-hetero) is 1. The molecule has 1 saturated heterocycles. The smallest absolute Gasteiger partial charge is 0.270 e. The molecule has 0 aromatic carbocycles. The molecule has 0 bridgehead atoms. The molecule has 108 valence electrons. The highest BCUT2D eigenvalue weighted by Gasteiger charge is 2.25. The van der Waals surface area contributed by atoms with Gasteiger partial charge in [-0.3, -0.25) is 14.4 Å². The normalized spacial score (nSPS) is 15.3. The SMILES string of the molecule is CC(=O)c1cc(C(=O)N2CCN(C(C)=O)CC2)n(C)c1. The molecule has 20 heavy (non-hydrogen) atoms. The Morgan fingerprint density at radius 3 is 2.00 bits per heavy atom. The first kappa shape index (κ1) is 14.3. The summed E-state index contributed by atoms with van der Waals surface area (Å²) in [4.78, 5) is 38.5. The van der Waals surface area contributed by atoms with Crippen molar-refractivity contribution in [1.29, 1.82) is 0 Å². The first-order valence-corrected chi connectivity index (χ1v) is 6.62. The van der Waals surface area contributed by atoms with Gasteiger partial charge in [-0.15, -0.1) is 0 Å². The first-order valence-electron chi connectivity index (χ1n) is 6.62. The zero-order chi connectivity index (χ0) is 14.9. The molecule has 0 spiro atoms. The number of hydrogen-bond donors (Lipinski definition) is 0. The molecule has 0 unspecified atom stereocenters. The molecule has 0 saturated carbocycles. The van der Waals surface area contributed by atoms with Crippen LogP contribution in [0.2, 0.25) is 0 Å². The van der Waals surface area contributed by atoms with E-state index in [0.717, 1.165) is 0 Å². The van der Waals surface area contributed by atoms with Gasteiger partial charge in [0.05, 0.1) is 0 Å². The summed E-state index contributed by atoms with van der Waals surface area (Å²) in [5.74, 6) is -0.112. The Kier molecular flexibility index (Phi) is 3.92. The predicted molar refractivity (Wildman–Crippen MR) is 73.6 cm³/mol. The molecule has 0 aliphatic carbocycles. The van der Waals surface area contributed by atoms with E-state index in [0.29, 0.717) is 37.4 Å². The highest BCUT2D eigenvalue weighted by molar-refractivity contribution is 5.99. The van der Waals surface area contributed by atoms with E-state index in [1.807, 2.05) is 0 Å². The Morgan fingerprint density at radius 2 is 1.55 bits per heavy atom. The highest BCUT2D eigenvalue weighted by atomic mass is 16.2. The molecule has 6 nitrogen and oxygen atoms in total.